The van der Waals surface area contributed by atoms with Crippen LogP contribution in [-0.2, 0) is 11.2 Å². The summed E-state index contributed by atoms with van der Waals surface area (Å²) in [5, 5.41) is 10.6. The van der Waals surface area contributed by atoms with Gasteiger partial charge in [-0.3, -0.25) is 4.79 Å². The fraction of sp³-hybridized carbons (Fsp3) is 0.273. The highest BCUT2D eigenvalue weighted by Gasteiger charge is 2.15. The SMILES string of the molecule is Nc1nnc(NC(=O)c2ccc(N3CCOCC3)nc2)cc1OCCc1c(Cl)ccc(F)c1Cl. The number of rotatable bonds is 7. The Morgan fingerprint density at radius 3 is 2.74 bits per heavy atom. The molecule has 2 aromatic heterocycles. The first-order valence-corrected chi connectivity index (χ1v) is 11.2. The molecule has 0 aliphatic carbocycles. The molecule has 9 nitrogen and oxygen atoms in total. The molecule has 1 saturated heterocycles. The second-order valence-electron chi connectivity index (χ2n) is 7.36. The standard InChI is InChI=1S/C22H21Cl2FN6O3/c23-15-2-3-16(25)20(24)14(15)5-8-34-17-11-18(29-30-21(17)26)28-22(32)13-1-4-19(27-12-13)31-6-9-33-10-7-31/h1-4,11-12H,5-10H2,(H2,26,30)(H,28,29,32). The molecule has 0 unspecified atom stereocenters. The lowest BCUT2D eigenvalue weighted by atomic mass is 10.1. The molecule has 3 N–H and O–H groups in total. The van der Waals surface area contributed by atoms with Gasteiger partial charge in [0.25, 0.3) is 5.91 Å². The number of nitrogens with two attached hydrogens (primary N) is 1. The molecule has 1 aliphatic rings. The van der Waals surface area contributed by atoms with Crippen LogP contribution in [0.1, 0.15) is 15.9 Å². The Labute approximate surface area is 205 Å². The topological polar surface area (TPSA) is 115 Å². The lowest BCUT2D eigenvalue weighted by Gasteiger charge is -2.27. The number of anilines is 3. The fourth-order valence-electron chi connectivity index (χ4n) is 3.31. The number of ether oxygens (including phenoxy) is 2. The van der Waals surface area contributed by atoms with Crippen molar-refractivity contribution in [3.05, 3.63) is 63.5 Å². The van der Waals surface area contributed by atoms with E-state index in [2.05, 4.69) is 25.4 Å². The van der Waals surface area contributed by atoms with E-state index in [9.17, 15) is 9.18 Å². The zero-order chi connectivity index (χ0) is 24.1. The predicted molar refractivity (Wildman–Crippen MR) is 127 cm³/mol. The zero-order valence-corrected chi connectivity index (χ0v) is 19.4. The first-order valence-electron chi connectivity index (χ1n) is 10.4. The third kappa shape index (κ3) is 5.64. The van der Waals surface area contributed by atoms with Crippen molar-refractivity contribution in [3.63, 3.8) is 0 Å². The minimum Gasteiger partial charge on any atom is -0.489 e. The van der Waals surface area contributed by atoms with Gasteiger partial charge in [0, 0.05) is 36.8 Å². The number of carbonyl (C=O) groups excluding carboxylic acids is 1. The predicted octanol–water partition coefficient (Wildman–Crippen LogP) is 3.61. The molecule has 0 spiro atoms. The number of nitrogen functional groups attached to an aromatic ring is 1. The Morgan fingerprint density at radius 1 is 1.21 bits per heavy atom. The zero-order valence-electron chi connectivity index (χ0n) is 17.9. The Hall–Kier alpha value is -3.21. The van der Waals surface area contributed by atoms with E-state index >= 15 is 0 Å². The Bertz CT molecular complexity index is 1180. The van der Waals surface area contributed by atoms with Crippen molar-refractivity contribution >= 4 is 46.6 Å². The molecule has 0 bridgehead atoms. The van der Waals surface area contributed by atoms with Crippen LogP contribution in [0, 0.1) is 5.82 Å². The van der Waals surface area contributed by atoms with E-state index in [-0.39, 0.29) is 35.4 Å². The van der Waals surface area contributed by atoms with Gasteiger partial charge in [0.15, 0.2) is 17.4 Å². The molecule has 0 radical (unpaired) electrons. The monoisotopic (exact) mass is 506 g/mol. The molecular weight excluding hydrogens is 486 g/mol. The summed E-state index contributed by atoms with van der Waals surface area (Å²) in [4.78, 5) is 19.1. The average Bonchev–Trinajstić information content (AvgIpc) is 2.86. The maximum Gasteiger partial charge on any atom is 0.258 e. The Morgan fingerprint density at radius 2 is 2.00 bits per heavy atom. The number of carbonyl (C=O) groups is 1. The molecule has 4 rings (SSSR count). The number of nitrogens with one attached hydrogen (secondary N) is 1. The molecule has 1 fully saturated rings. The summed E-state index contributed by atoms with van der Waals surface area (Å²) < 4.78 is 24.7. The molecular formula is C22H21Cl2FN6O3. The quantitative estimate of drug-likeness (QED) is 0.466. The summed E-state index contributed by atoms with van der Waals surface area (Å²) in [6.07, 6.45) is 1.73. The van der Waals surface area contributed by atoms with Crippen molar-refractivity contribution < 1.29 is 18.7 Å². The first-order chi connectivity index (χ1) is 16.4. The van der Waals surface area contributed by atoms with E-state index in [1.54, 1.807) is 12.1 Å². The van der Waals surface area contributed by atoms with Crippen molar-refractivity contribution in [2.75, 3.05) is 48.9 Å². The Kier molecular flexibility index (Phi) is 7.61. The average molecular weight is 507 g/mol. The minimum absolute atomic E-state index is 0.0333. The van der Waals surface area contributed by atoms with E-state index in [1.807, 2.05) is 0 Å². The van der Waals surface area contributed by atoms with Gasteiger partial charge in [-0.1, -0.05) is 23.2 Å². The van der Waals surface area contributed by atoms with Gasteiger partial charge in [0.05, 0.1) is 30.4 Å². The van der Waals surface area contributed by atoms with Gasteiger partial charge in [-0.2, -0.15) is 0 Å². The minimum atomic E-state index is -0.566. The van der Waals surface area contributed by atoms with Gasteiger partial charge >= 0.3 is 0 Å². The molecule has 3 heterocycles. The van der Waals surface area contributed by atoms with Crippen LogP contribution in [-0.4, -0.2) is 54.0 Å². The summed E-state index contributed by atoms with van der Waals surface area (Å²) in [6.45, 7) is 2.89. The van der Waals surface area contributed by atoms with Gasteiger partial charge in [0.2, 0.25) is 0 Å². The number of amides is 1. The number of hydrogen-bond acceptors (Lipinski definition) is 8. The third-order valence-electron chi connectivity index (χ3n) is 5.12. The van der Waals surface area contributed by atoms with Crippen LogP contribution in [0.5, 0.6) is 5.75 Å². The number of nitrogens with zero attached hydrogens (tertiary/aromatic N) is 4. The molecule has 0 saturated carbocycles. The lowest BCUT2D eigenvalue weighted by molar-refractivity contribution is 0.102. The highest BCUT2D eigenvalue weighted by atomic mass is 35.5. The molecule has 0 atom stereocenters. The second kappa shape index (κ2) is 10.8. The van der Waals surface area contributed by atoms with Crippen LogP contribution < -0.4 is 20.7 Å². The van der Waals surface area contributed by atoms with Crippen LogP contribution in [0.2, 0.25) is 10.0 Å². The van der Waals surface area contributed by atoms with Gasteiger partial charge in [0.1, 0.15) is 11.6 Å². The smallest absolute Gasteiger partial charge is 0.258 e. The summed E-state index contributed by atoms with van der Waals surface area (Å²) in [7, 11) is 0. The highest BCUT2D eigenvalue weighted by molar-refractivity contribution is 6.36. The van der Waals surface area contributed by atoms with Crippen molar-refractivity contribution in [3.8, 4) is 5.75 Å². The van der Waals surface area contributed by atoms with Gasteiger partial charge < -0.3 is 25.4 Å². The second-order valence-corrected chi connectivity index (χ2v) is 8.14. The van der Waals surface area contributed by atoms with Crippen LogP contribution in [0.25, 0.3) is 0 Å². The summed E-state index contributed by atoms with van der Waals surface area (Å²) in [5.41, 5.74) is 6.61. The van der Waals surface area contributed by atoms with Crippen LogP contribution in [0.4, 0.5) is 21.8 Å². The summed E-state index contributed by atoms with van der Waals surface area (Å²) in [5.74, 6) is 0.184. The van der Waals surface area contributed by atoms with Crippen molar-refractivity contribution in [1.82, 2.24) is 15.2 Å². The highest BCUT2D eigenvalue weighted by Crippen LogP contribution is 2.28. The maximum atomic E-state index is 13.7. The fourth-order valence-corrected chi connectivity index (χ4v) is 3.87. The number of pyridine rings is 1. The number of morpholine rings is 1. The molecule has 1 aromatic carbocycles. The van der Waals surface area contributed by atoms with Crippen molar-refractivity contribution in [2.24, 2.45) is 0 Å². The van der Waals surface area contributed by atoms with Gasteiger partial charge in [-0.15, -0.1) is 10.2 Å². The van der Waals surface area contributed by atoms with E-state index < -0.39 is 11.7 Å². The maximum absolute atomic E-state index is 13.7. The van der Waals surface area contributed by atoms with Crippen LogP contribution in [0.15, 0.2) is 36.5 Å². The van der Waals surface area contributed by atoms with Gasteiger partial charge in [-0.05, 0) is 29.8 Å². The van der Waals surface area contributed by atoms with Crippen molar-refractivity contribution in [2.45, 2.75) is 6.42 Å². The van der Waals surface area contributed by atoms with Crippen LogP contribution in [0.3, 0.4) is 0 Å². The molecule has 12 heteroatoms. The number of hydrogen-bond donors (Lipinski definition) is 2. The molecule has 3 aromatic rings. The third-order valence-corrected chi connectivity index (χ3v) is 5.88. The van der Waals surface area contributed by atoms with E-state index in [0.717, 1.165) is 18.9 Å². The number of benzene rings is 1. The van der Waals surface area contributed by atoms with E-state index in [0.29, 0.717) is 29.4 Å². The molecule has 178 valence electrons. The Balaban J connectivity index is 1.38. The summed E-state index contributed by atoms with van der Waals surface area (Å²) in [6, 6.07) is 7.54. The summed E-state index contributed by atoms with van der Waals surface area (Å²) >= 11 is 12.1. The van der Waals surface area contributed by atoms with E-state index in [4.69, 9.17) is 38.4 Å². The lowest BCUT2D eigenvalue weighted by Crippen LogP contribution is -2.36. The molecule has 34 heavy (non-hydrogen) atoms. The van der Waals surface area contributed by atoms with E-state index in [1.165, 1.54) is 24.4 Å². The number of aromatic nitrogens is 3. The van der Waals surface area contributed by atoms with Gasteiger partial charge in [-0.25, -0.2) is 9.37 Å². The molecule has 1 aliphatic heterocycles. The largest absolute Gasteiger partial charge is 0.489 e. The van der Waals surface area contributed by atoms with Crippen molar-refractivity contribution in [1.29, 1.82) is 0 Å². The molecule has 1 amide bonds. The van der Waals surface area contributed by atoms with Crippen LogP contribution >= 0.6 is 23.2 Å². The first kappa shape index (κ1) is 23.9. The number of halogens is 3. The normalized spacial score (nSPS) is 13.6.